The van der Waals surface area contributed by atoms with Gasteiger partial charge < -0.3 is 9.84 Å². The fourth-order valence-electron chi connectivity index (χ4n) is 2.51. The Kier molecular flexibility index (Phi) is 4.29. The molecule has 1 aliphatic rings. The van der Waals surface area contributed by atoms with Crippen molar-refractivity contribution in [2.75, 3.05) is 5.33 Å². The van der Waals surface area contributed by atoms with Crippen molar-refractivity contribution in [2.45, 2.75) is 13.3 Å². The lowest BCUT2D eigenvalue weighted by atomic mass is 10.0. The SMILES string of the molecule is CC(O)=c1cccc2c1=CC(=CCCBr)c1cccnc1O2. The number of pyridine rings is 1. The Balaban J connectivity index is 2.35. The van der Waals surface area contributed by atoms with E-state index in [1.165, 1.54) is 0 Å². The highest BCUT2D eigenvalue weighted by Gasteiger charge is 2.15. The molecular formula is C18H16BrNO2. The molecule has 0 saturated carbocycles. The number of ether oxygens (including phenoxy) is 1. The fourth-order valence-corrected chi connectivity index (χ4v) is 2.73. The zero-order valence-electron chi connectivity index (χ0n) is 12.2. The molecule has 0 fully saturated rings. The first-order valence-electron chi connectivity index (χ1n) is 7.10. The molecule has 0 saturated heterocycles. The van der Waals surface area contributed by atoms with Crippen LogP contribution in [0.5, 0.6) is 11.6 Å². The Labute approximate surface area is 137 Å². The minimum Gasteiger partial charge on any atom is -0.512 e. The number of nitrogens with zero attached hydrogens (tertiary/aromatic N) is 1. The van der Waals surface area contributed by atoms with E-state index < -0.39 is 0 Å². The molecule has 2 aromatic rings. The third-order valence-corrected chi connectivity index (χ3v) is 3.98. The lowest BCUT2D eigenvalue weighted by molar-refractivity contribution is 0.457. The molecule has 0 aliphatic carbocycles. The molecular weight excluding hydrogens is 342 g/mol. The molecule has 3 nitrogen and oxygen atoms in total. The van der Waals surface area contributed by atoms with E-state index in [9.17, 15) is 5.11 Å². The average molecular weight is 358 g/mol. The summed E-state index contributed by atoms with van der Waals surface area (Å²) in [7, 11) is 0. The summed E-state index contributed by atoms with van der Waals surface area (Å²) in [6.07, 6.45) is 6.83. The van der Waals surface area contributed by atoms with Gasteiger partial charge in [-0.05, 0) is 43.2 Å². The Morgan fingerprint density at radius 1 is 1.32 bits per heavy atom. The van der Waals surface area contributed by atoms with Crippen LogP contribution in [0.15, 0.2) is 42.6 Å². The Morgan fingerprint density at radius 2 is 2.18 bits per heavy atom. The van der Waals surface area contributed by atoms with Crippen LogP contribution in [-0.4, -0.2) is 15.4 Å². The fraction of sp³-hybridized carbons (Fsp3) is 0.167. The van der Waals surface area contributed by atoms with Gasteiger partial charge in [-0.2, -0.15) is 0 Å². The summed E-state index contributed by atoms with van der Waals surface area (Å²) in [6.45, 7) is 1.68. The Bertz CT molecular complexity index is 852. The van der Waals surface area contributed by atoms with Gasteiger partial charge in [-0.3, -0.25) is 0 Å². The lowest BCUT2D eigenvalue weighted by Crippen LogP contribution is -2.27. The first-order valence-corrected chi connectivity index (χ1v) is 8.23. The summed E-state index contributed by atoms with van der Waals surface area (Å²) < 4.78 is 5.98. The molecule has 2 heterocycles. The van der Waals surface area contributed by atoms with Crippen LogP contribution in [0, 0.1) is 0 Å². The van der Waals surface area contributed by atoms with Crippen molar-refractivity contribution in [1.82, 2.24) is 4.98 Å². The second kappa shape index (κ2) is 6.36. The van der Waals surface area contributed by atoms with Gasteiger partial charge in [0.15, 0.2) is 0 Å². The van der Waals surface area contributed by atoms with Crippen LogP contribution in [0.4, 0.5) is 0 Å². The molecule has 1 aromatic carbocycles. The number of aliphatic hydroxyl groups is 1. The van der Waals surface area contributed by atoms with Gasteiger partial charge in [0.25, 0.3) is 0 Å². The number of fused-ring (bicyclic) bond motifs is 2. The summed E-state index contributed by atoms with van der Waals surface area (Å²) in [5.74, 6) is 1.56. The van der Waals surface area contributed by atoms with Gasteiger partial charge in [-0.25, -0.2) is 4.98 Å². The van der Waals surface area contributed by atoms with E-state index in [1.807, 2.05) is 30.3 Å². The quantitative estimate of drug-likeness (QED) is 0.836. The molecule has 0 atom stereocenters. The van der Waals surface area contributed by atoms with E-state index in [1.54, 1.807) is 13.1 Å². The van der Waals surface area contributed by atoms with E-state index in [4.69, 9.17) is 4.74 Å². The summed E-state index contributed by atoms with van der Waals surface area (Å²) in [5.41, 5.74) is 2.01. The number of allylic oxidation sites excluding steroid dienone is 2. The largest absolute Gasteiger partial charge is 0.512 e. The summed E-state index contributed by atoms with van der Waals surface area (Å²) >= 11 is 3.46. The minimum atomic E-state index is 0.274. The molecule has 0 amide bonds. The van der Waals surface area contributed by atoms with Crippen molar-refractivity contribution in [3.8, 4) is 11.6 Å². The highest BCUT2D eigenvalue weighted by Crippen LogP contribution is 2.30. The smallest absolute Gasteiger partial charge is 0.227 e. The number of aliphatic hydroxyl groups excluding tert-OH is 1. The van der Waals surface area contributed by atoms with Gasteiger partial charge in [0.2, 0.25) is 5.88 Å². The number of hydrogen-bond acceptors (Lipinski definition) is 3. The van der Waals surface area contributed by atoms with Gasteiger partial charge in [0.1, 0.15) is 5.75 Å². The molecule has 1 N–H and O–H groups in total. The van der Waals surface area contributed by atoms with Crippen molar-refractivity contribution >= 4 is 33.3 Å². The van der Waals surface area contributed by atoms with E-state index in [-0.39, 0.29) is 5.76 Å². The van der Waals surface area contributed by atoms with Crippen molar-refractivity contribution in [3.05, 3.63) is 58.6 Å². The first-order chi connectivity index (χ1) is 10.7. The van der Waals surface area contributed by atoms with Crippen molar-refractivity contribution < 1.29 is 9.84 Å². The number of rotatable bonds is 2. The number of aromatic nitrogens is 1. The van der Waals surface area contributed by atoms with Gasteiger partial charge in [0, 0.05) is 27.5 Å². The van der Waals surface area contributed by atoms with Crippen LogP contribution in [-0.2, 0) is 0 Å². The van der Waals surface area contributed by atoms with Crippen LogP contribution < -0.4 is 15.2 Å². The van der Waals surface area contributed by atoms with Crippen LogP contribution in [0.1, 0.15) is 18.9 Å². The van der Waals surface area contributed by atoms with Gasteiger partial charge in [0.05, 0.1) is 5.76 Å². The molecule has 22 heavy (non-hydrogen) atoms. The number of benzene rings is 1. The highest BCUT2D eigenvalue weighted by molar-refractivity contribution is 9.09. The maximum absolute atomic E-state index is 9.95. The van der Waals surface area contributed by atoms with Crippen LogP contribution >= 0.6 is 15.9 Å². The standard InChI is InChI=1S/C18H16BrNO2/c1-12(21)14-6-2-8-17-16(14)11-13(5-3-9-19)15-7-4-10-20-18(15)22-17/h2,4-8,10-11,21H,3,9H2,1H3. The molecule has 0 unspecified atom stereocenters. The molecule has 1 aromatic heterocycles. The molecule has 112 valence electrons. The second-order valence-corrected chi connectivity index (χ2v) is 5.84. The zero-order valence-corrected chi connectivity index (χ0v) is 13.8. The van der Waals surface area contributed by atoms with E-state index in [0.717, 1.165) is 33.3 Å². The summed E-state index contributed by atoms with van der Waals surface area (Å²) in [4.78, 5) is 4.35. The van der Waals surface area contributed by atoms with E-state index in [2.05, 4.69) is 33.1 Å². The molecule has 4 heteroatoms. The minimum absolute atomic E-state index is 0.274. The summed E-state index contributed by atoms with van der Waals surface area (Å²) in [6, 6.07) is 9.56. The van der Waals surface area contributed by atoms with Crippen LogP contribution in [0.3, 0.4) is 0 Å². The number of hydrogen-bond donors (Lipinski definition) is 1. The monoisotopic (exact) mass is 357 g/mol. The van der Waals surface area contributed by atoms with Gasteiger partial charge >= 0.3 is 0 Å². The maximum Gasteiger partial charge on any atom is 0.227 e. The average Bonchev–Trinajstić information content (AvgIpc) is 2.68. The summed E-state index contributed by atoms with van der Waals surface area (Å²) in [5, 5.41) is 12.5. The predicted octanol–water partition coefficient (Wildman–Crippen LogP) is 3.52. The number of halogens is 1. The van der Waals surface area contributed by atoms with Gasteiger partial charge in [-0.1, -0.05) is 34.1 Å². The van der Waals surface area contributed by atoms with E-state index >= 15 is 0 Å². The third-order valence-electron chi connectivity index (χ3n) is 3.52. The topological polar surface area (TPSA) is 42.4 Å². The van der Waals surface area contributed by atoms with Gasteiger partial charge in [-0.15, -0.1) is 0 Å². The molecule has 1 aliphatic heterocycles. The first kappa shape index (κ1) is 14.9. The highest BCUT2D eigenvalue weighted by atomic mass is 79.9. The Morgan fingerprint density at radius 3 is 2.95 bits per heavy atom. The van der Waals surface area contributed by atoms with Crippen molar-refractivity contribution in [3.63, 3.8) is 0 Å². The molecule has 0 bridgehead atoms. The normalized spacial score (nSPS) is 16.0. The zero-order chi connectivity index (χ0) is 15.5. The predicted molar refractivity (Wildman–Crippen MR) is 92.6 cm³/mol. The Hall–Kier alpha value is -2.07. The molecule has 0 radical (unpaired) electrons. The second-order valence-electron chi connectivity index (χ2n) is 5.04. The third kappa shape index (κ3) is 2.79. The van der Waals surface area contributed by atoms with Crippen LogP contribution in [0.2, 0.25) is 0 Å². The molecule has 0 spiro atoms. The van der Waals surface area contributed by atoms with Crippen molar-refractivity contribution in [1.29, 1.82) is 0 Å². The maximum atomic E-state index is 9.95. The van der Waals surface area contributed by atoms with E-state index in [0.29, 0.717) is 11.6 Å². The molecule has 3 rings (SSSR count). The van der Waals surface area contributed by atoms with Crippen molar-refractivity contribution in [2.24, 2.45) is 0 Å². The lowest BCUT2D eigenvalue weighted by Gasteiger charge is -2.07. The number of alkyl halides is 1. The van der Waals surface area contributed by atoms with Crippen LogP contribution in [0.25, 0.3) is 17.4 Å².